The van der Waals surface area contributed by atoms with Crippen LogP contribution in [0.4, 0.5) is 5.82 Å². The first-order valence-electron chi connectivity index (χ1n) is 5.24. The molecular formula is C10H16N4O. The summed E-state index contributed by atoms with van der Waals surface area (Å²) in [5, 5.41) is 8.95. The molecule has 1 unspecified atom stereocenters. The molecule has 0 saturated carbocycles. The average molecular weight is 208 g/mol. The number of aliphatic hydroxyl groups is 1. The van der Waals surface area contributed by atoms with Crippen molar-refractivity contribution in [3.8, 4) is 0 Å². The van der Waals surface area contributed by atoms with Crippen molar-refractivity contribution in [2.24, 2.45) is 5.73 Å². The summed E-state index contributed by atoms with van der Waals surface area (Å²) in [4.78, 5) is 10.5. The van der Waals surface area contributed by atoms with Gasteiger partial charge < -0.3 is 15.7 Å². The van der Waals surface area contributed by atoms with Crippen LogP contribution in [0.1, 0.15) is 24.6 Å². The molecule has 1 atom stereocenters. The van der Waals surface area contributed by atoms with Crippen LogP contribution in [0.15, 0.2) is 12.4 Å². The highest BCUT2D eigenvalue weighted by molar-refractivity contribution is 5.40. The molecule has 2 rings (SSSR count). The van der Waals surface area contributed by atoms with E-state index in [-0.39, 0.29) is 6.61 Å². The molecule has 5 nitrogen and oxygen atoms in total. The van der Waals surface area contributed by atoms with Gasteiger partial charge in [0.15, 0.2) is 0 Å². The molecule has 1 aliphatic heterocycles. The van der Waals surface area contributed by atoms with Crippen molar-refractivity contribution >= 4 is 5.82 Å². The van der Waals surface area contributed by atoms with Crippen LogP contribution in [-0.4, -0.2) is 34.8 Å². The number of hydrogen-bond acceptors (Lipinski definition) is 5. The first kappa shape index (κ1) is 10.3. The maximum Gasteiger partial charge on any atom is 0.132 e. The number of hydrogen-bond donors (Lipinski definition) is 2. The van der Waals surface area contributed by atoms with Crippen molar-refractivity contribution in [2.75, 3.05) is 24.6 Å². The summed E-state index contributed by atoms with van der Waals surface area (Å²) in [6.07, 6.45) is 3.94. The Labute approximate surface area is 88.9 Å². The molecule has 82 valence electrons. The molecule has 0 amide bonds. The fourth-order valence-corrected chi connectivity index (χ4v) is 1.78. The molecule has 15 heavy (non-hydrogen) atoms. The average Bonchev–Trinajstić information content (AvgIpc) is 2.82. The Kier molecular flexibility index (Phi) is 3.13. The summed E-state index contributed by atoms with van der Waals surface area (Å²) >= 11 is 0. The van der Waals surface area contributed by atoms with Crippen LogP contribution in [0.2, 0.25) is 0 Å². The highest BCUT2D eigenvalue weighted by Gasteiger charge is 2.15. The molecule has 1 fully saturated rings. The second-order valence-corrected chi connectivity index (χ2v) is 3.78. The Balaban J connectivity index is 2.18. The lowest BCUT2D eigenvalue weighted by atomic mass is 10.2. The largest absolute Gasteiger partial charge is 0.394 e. The van der Waals surface area contributed by atoms with Gasteiger partial charge in [-0.05, 0) is 12.8 Å². The highest BCUT2D eigenvalue weighted by Crippen LogP contribution is 2.19. The topological polar surface area (TPSA) is 75.3 Å². The zero-order valence-corrected chi connectivity index (χ0v) is 8.63. The minimum Gasteiger partial charge on any atom is -0.394 e. The van der Waals surface area contributed by atoms with Crippen LogP contribution in [0.3, 0.4) is 0 Å². The van der Waals surface area contributed by atoms with Gasteiger partial charge in [0.25, 0.3) is 0 Å². The molecule has 1 aromatic heterocycles. The van der Waals surface area contributed by atoms with E-state index in [0.29, 0.717) is 5.69 Å². The molecule has 1 saturated heterocycles. The minimum absolute atomic E-state index is 0.0869. The first-order valence-corrected chi connectivity index (χ1v) is 5.24. The second kappa shape index (κ2) is 4.55. The molecule has 0 radical (unpaired) electrons. The molecule has 3 N–H and O–H groups in total. The van der Waals surface area contributed by atoms with Gasteiger partial charge in [-0.2, -0.15) is 0 Å². The van der Waals surface area contributed by atoms with Crippen molar-refractivity contribution in [3.05, 3.63) is 18.1 Å². The van der Waals surface area contributed by atoms with E-state index in [1.807, 2.05) is 6.07 Å². The normalized spacial score (nSPS) is 18.1. The van der Waals surface area contributed by atoms with Crippen LogP contribution in [0, 0.1) is 0 Å². The molecule has 2 heterocycles. The van der Waals surface area contributed by atoms with Crippen molar-refractivity contribution in [1.29, 1.82) is 0 Å². The second-order valence-electron chi connectivity index (χ2n) is 3.78. The van der Waals surface area contributed by atoms with Gasteiger partial charge in [-0.25, -0.2) is 9.97 Å². The molecule has 0 aromatic carbocycles. The Morgan fingerprint density at radius 1 is 1.40 bits per heavy atom. The summed E-state index contributed by atoms with van der Waals surface area (Å²) < 4.78 is 0. The predicted octanol–water partition coefficient (Wildman–Crippen LogP) is 0.0689. The summed E-state index contributed by atoms with van der Waals surface area (Å²) in [5.41, 5.74) is 6.41. The van der Waals surface area contributed by atoms with Gasteiger partial charge in [0, 0.05) is 19.2 Å². The van der Waals surface area contributed by atoms with Gasteiger partial charge in [-0.15, -0.1) is 0 Å². The van der Waals surface area contributed by atoms with E-state index >= 15 is 0 Å². The van der Waals surface area contributed by atoms with Crippen molar-refractivity contribution in [3.63, 3.8) is 0 Å². The molecule has 5 heteroatoms. The molecule has 1 aliphatic rings. The standard InChI is InChI=1S/C10H16N4O/c11-8(6-15)9-5-10(13-7-12-9)14-3-1-2-4-14/h5,7-8,15H,1-4,6,11H2. The number of anilines is 1. The van der Waals surface area contributed by atoms with Crippen molar-refractivity contribution in [1.82, 2.24) is 9.97 Å². The Bertz CT molecular complexity index is 325. The van der Waals surface area contributed by atoms with Crippen LogP contribution in [-0.2, 0) is 0 Å². The number of aromatic nitrogens is 2. The van der Waals surface area contributed by atoms with Gasteiger partial charge in [-0.1, -0.05) is 0 Å². The lowest BCUT2D eigenvalue weighted by Crippen LogP contribution is -2.21. The minimum atomic E-state index is -0.408. The van der Waals surface area contributed by atoms with Crippen molar-refractivity contribution < 1.29 is 5.11 Å². The number of rotatable bonds is 3. The van der Waals surface area contributed by atoms with Gasteiger partial charge in [-0.3, -0.25) is 0 Å². The van der Waals surface area contributed by atoms with E-state index in [0.717, 1.165) is 18.9 Å². The maximum absolute atomic E-state index is 8.95. The summed E-state index contributed by atoms with van der Waals surface area (Å²) in [6, 6.07) is 1.46. The van der Waals surface area contributed by atoms with Crippen LogP contribution < -0.4 is 10.6 Å². The van der Waals surface area contributed by atoms with E-state index in [9.17, 15) is 0 Å². The number of nitrogens with zero attached hydrogens (tertiary/aromatic N) is 3. The third-order valence-electron chi connectivity index (χ3n) is 2.68. The summed E-state index contributed by atoms with van der Waals surface area (Å²) in [6.45, 7) is 2.01. The first-order chi connectivity index (χ1) is 7.31. The van der Waals surface area contributed by atoms with E-state index in [1.165, 1.54) is 19.2 Å². The maximum atomic E-state index is 8.95. The lowest BCUT2D eigenvalue weighted by Gasteiger charge is -2.17. The highest BCUT2D eigenvalue weighted by atomic mass is 16.3. The van der Waals surface area contributed by atoms with E-state index < -0.39 is 6.04 Å². The van der Waals surface area contributed by atoms with Gasteiger partial charge in [0.05, 0.1) is 18.3 Å². The van der Waals surface area contributed by atoms with Gasteiger partial charge >= 0.3 is 0 Å². The SMILES string of the molecule is NC(CO)c1cc(N2CCCC2)ncn1. The van der Waals surface area contributed by atoms with Crippen molar-refractivity contribution in [2.45, 2.75) is 18.9 Å². The summed E-state index contributed by atoms with van der Waals surface area (Å²) in [7, 11) is 0. The fourth-order valence-electron chi connectivity index (χ4n) is 1.78. The Morgan fingerprint density at radius 2 is 2.13 bits per heavy atom. The monoisotopic (exact) mass is 208 g/mol. The van der Waals surface area contributed by atoms with E-state index in [4.69, 9.17) is 10.8 Å². The third kappa shape index (κ3) is 2.24. The molecule has 1 aromatic rings. The number of aliphatic hydroxyl groups excluding tert-OH is 1. The summed E-state index contributed by atoms with van der Waals surface area (Å²) in [5.74, 6) is 0.918. The fraction of sp³-hybridized carbons (Fsp3) is 0.600. The van der Waals surface area contributed by atoms with E-state index in [2.05, 4.69) is 14.9 Å². The Morgan fingerprint density at radius 3 is 2.80 bits per heavy atom. The van der Waals surface area contributed by atoms with Crippen LogP contribution >= 0.6 is 0 Å². The lowest BCUT2D eigenvalue weighted by molar-refractivity contribution is 0.266. The zero-order chi connectivity index (χ0) is 10.7. The van der Waals surface area contributed by atoms with Crippen LogP contribution in [0.25, 0.3) is 0 Å². The Hall–Kier alpha value is -1.20. The molecule has 0 bridgehead atoms. The van der Waals surface area contributed by atoms with E-state index in [1.54, 1.807) is 0 Å². The molecular weight excluding hydrogens is 192 g/mol. The number of nitrogens with two attached hydrogens (primary N) is 1. The third-order valence-corrected chi connectivity index (χ3v) is 2.68. The van der Waals surface area contributed by atoms with Gasteiger partial charge in [0.1, 0.15) is 12.1 Å². The van der Waals surface area contributed by atoms with Crippen LogP contribution in [0.5, 0.6) is 0 Å². The smallest absolute Gasteiger partial charge is 0.132 e. The quantitative estimate of drug-likeness (QED) is 0.735. The molecule has 0 spiro atoms. The zero-order valence-electron chi connectivity index (χ0n) is 8.63. The predicted molar refractivity (Wildman–Crippen MR) is 57.5 cm³/mol. The van der Waals surface area contributed by atoms with Gasteiger partial charge in [0.2, 0.25) is 0 Å². The molecule has 0 aliphatic carbocycles.